The Bertz CT molecular complexity index is 446. The van der Waals surface area contributed by atoms with Gasteiger partial charge in [-0.15, -0.1) is 0 Å². The first-order valence-electron chi connectivity index (χ1n) is 5.38. The number of phenolic OH excluding ortho intramolecular Hbond substituents is 1. The van der Waals surface area contributed by atoms with Crippen LogP contribution in [-0.2, 0) is 6.54 Å². The van der Waals surface area contributed by atoms with Crippen LogP contribution in [0, 0.1) is 6.92 Å². The highest BCUT2D eigenvalue weighted by Gasteiger charge is 2.05. The normalized spacial score (nSPS) is 9.87. The van der Waals surface area contributed by atoms with E-state index < -0.39 is 0 Å². The lowest BCUT2D eigenvalue weighted by molar-refractivity contribution is 0.476. The van der Waals surface area contributed by atoms with Crippen molar-refractivity contribution in [3.05, 3.63) is 24.0 Å². The molecule has 2 rings (SSSR count). The Morgan fingerprint density at radius 2 is 2.00 bits per heavy atom. The molecule has 1 aromatic carbocycles. The second-order valence-electron chi connectivity index (χ2n) is 3.08. The molecule has 1 aromatic heterocycles. The van der Waals surface area contributed by atoms with E-state index in [0.717, 1.165) is 23.4 Å². The van der Waals surface area contributed by atoms with Crippen molar-refractivity contribution in [3.63, 3.8) is 0 Å². The Labute approximate surface area is 90.4 Å². The maximum atomic E-state index is 9.32. The van der Waals surface area contributed by atoms with Crippen LogP contribution < -0.4 is 0 Å². The highest BCUT2D eigenvalue weighted by molar-refractivity contribution is 5.77. The summed E-state index contributed by atoms with van der Waals surface area (Å²) in [5.41, 5.74) is 1.94. The fourth-order valence-corrected chi connectivity index (χ4v) is 1.63. The fraction of sp³-hybridized carbons (Fsp3) is 0.417. The summed E-state index contributed by atoms with van der Waals surface area (Å²) in [5.74, 6) is 1.28. The van der Waals surface area contributed by atoms with E-state index in [0.29, 0.717) is 5.75 Å². The van der Waals surface area contributed by atoms with Crippen LogP contribution in [0.5, 0.6) is 5.75 Å². The number of imidazole rings is 1. The molecule has 0 bridgehead atoms. The van der Waals surface area contributed by atoms with Crippen molar-refractivity contribution in [2.75, 3.05) is 0 Å². The van der Waals surface area contributed by atoms with Crippen LogP contribution in [-0.4, -0.2) is 14.7 Å². The first kappa shape index (κ1) is 11.6. The third kappa shape index (κ3) is 2.12. The van der Waals surface area contributed by atoms with Crippen LogP contribution in [0.4, 0.5) is 0 Å². The van der Waals surface area contributed by atoms with E-state index in [4.69, 9.17) is 0 Å². The molecule has 82 valence electrons. The van der Waals surface area contributed by atoms with Crippen molar-refractivity contribution < 1.29 is 5.11 Å². The summed E-state index contributed by atoms with van der Waals surface area (Å²) >= 11 is 0. The Hall–Kier alpha value is -1.51. The zero-order valence-electron chi connectivity index (χ0n) is 9.78. The summed E-state index contributed by atoms with van der Waals surface area (Å²) in [5, 5.41) is 9.32. The summed E-state index contributed by atoms with van der Waals surface area (Å²) in [6.07, 6.45) is 0. The van der Waals surface area contributed by atoms with Gasteiger partial charge in [0.05, 0.1) is 11.0 Å². The number of benzene rings is 1. The largest absolute Gasteiger partial charge is 0.508 e. The second kappa shape index (κ2) is 4.82. The maximum absolute atomic E-state index is 9.32. The average molecular weight is 206 g/mol. The van der Waals surface area contributed by atoms with E-state index in [-0.39, 0.29) is 0 Å². The number of rotatable bonds is 1. The number of fused-ring (bicyclic) bond motifs is 1. The summed E-state index contributed by atoms with van der Waals surface area (Å²) in [4.78, 5) is 4.38. The lowest BCUT2D eigenvalue weighted by atomic mass is 10.3. The molecule has 0 saturated carbocycles. The van der Waals surface area contributed by atoms with Crippen molar-refractivity contribution >= 4 is 11.0 Å². The van der Waals surface area contributed by atoms with Crippen LogP contribution in [0.2, 0.25) is 0 Å². The minimum Gasteiger partial charge on any atom is -0.508 e. The fourth-order valence-electron chi connectivity index (χ4n) is 1.63. The van der Waals surface area contributed by atoms with Gasteiger partial charge in [-0.3, -0.25) is 0 Å². The molecule has 0 amide bonds. The smallest absolute Gasteiger partial charge is 0.117 e. The van der Waals surface area contributed by atoms with Gasteiger partial charge in [-0.05, 0) is 26.0 Å². The van der Waals surface area contributed by atoms with Crippen molar-refractivity contribution in [2.24, 2.45) is 0 Å². The predicted octanol–water partition coefficient (Wildman–Crippen LogP) is 3.10. The SMILES string of the molecule is CC.CCn1c(C)nc2ccc(O)cc21. The molecule has 0 atom stereocenters. The number of hydrogen-bond acceptors (Lipinski definition) is 2. The van der Waals surface area contributed by atoms with Gasteiger partial charge in [-0.1, -0.05) is 13.8 Å². The minimum atomic E-state index is 0.294. The monoisotopic (exact) mass is 206 g/mol. The highest BCUT2D eigenvalue weighted by atomic mass is 16.3. The molecule has 0 aliphatic carbocycles. The Morgan fingerprint density at radius 1 is 1.33 bits per heavy atom. The lowest BCUT2D eigenvalue weighted by Gasteiger charge is -2.01. The molecule has 2 aromatic rings. The van der Waals surface area contributed by atoms with E-state index in [1.807, 2.05) is 26.8 Å². The predicted molar refractivity (Wildman–Crippen MR) is 63.2 cm³/mol. The molecule has 0 saturated heterocycles. The number of aromatic nitrogens is 2. The second-order valence-corrected chi connectivity index (χ2v) is 3.08. The molecule has 1 N–H and O–H groups in total. The Balaban J connectivity index is 0.000000531. The molecule has 0 aliphatic rings. The van der Waals surface area contributed by atoms with Gasteiger partial charge in [0.1, 0.15) is 11.6 Å². The maximum Gasteiger partial charge on any atom is 0.117 e. The van der Waals surface area contributed by atoms with Crippen LogP contribution >= 0.6 is 0 Å². The molecule has 0 spiro atoms. The van der Waals surface area contributed by atoms with Gasteiger partial charge in [0.25, 0.3) is 0 Å². The zero-order chi connectivity index (χ0) is 11.4. The number of hydrogen-bond donors (Lipinski definition) is 1. The standard InChI is InChI=1S/C10H12N2O.C2H6/c1-3-12-7(2)11-9-5-4-8(13)6-10(9)12;1-2/h4-6,13H,3H2,1-2H3;1-2H3. The van der Waals surface area contributed by atoms with Crippen molar-refractivity contribution in [1.29, 1.82) is 0 Å². The van der Waals surface area contributed by atoms with Crippen molar-refractivity contribution in [1.82, 2.24) is 9.55 Å². The molecule has 3 nitrogen and oxygen atoms in total. The lowest BCUT2D eigenvalue weighted by Crippen LogP contribution is -1.95. The zero-order valence-corrected chi connectivity index (χ0v) is 9.78. The van der Waals surface area contributed by atoms with Crippen molar-refractivity contribution in [3.8, 4) is 5.75 Å². The summed E-state index contributed by atoms with van der Waals surface area (Å²) < 4.78 is 2.08. The van der Waals surface area contributed by atoms with Crippen LogP contribution in [0.25, 0.3) is 11.0 Å². The van der Waals surface area contributed by atoms with Gasteiger partial charge >= 0.3 is 0 Å². The molecule has 3 heteroatoms. The van der Waals surface area contributed by atoms with E-state index in [2.05, 4.69) is 16.5 Å². The van der Waals surface area contributed by atoms with Crippen LogP contribution in [0.1, 0.15) is 26.6 Å². The molecule has 0 aliphatic heterocycles. The van der Waals surface area contributed by atoms with Gasteiger partial charge in [-0.25, -0.2) is 4.98 Å². The number of aryl methyl sites for hydroxylation is 2. The van der Waals surface area contributed by atoms with Gasteiger partial charge < -0.3 is 9.67 Å². The third-order valence-corrected chi connectivity index (χ3v) is 2.24. The third-order valence-electron chi connectivity index (χ3n) is 2.24. The van der Waals surface area contributed by atoms with E-state index in [1.54, 1.807) is 12.1 Å². The molecular weight excluding hydrogens is 188 g/mol. The number of phenols is 1. The number of aromatic hydroxyl groups is 1. The molecule has 0 unspecified atom stereocenters. The summed E-state index contributed by atoms with van der Waals surface area (Å²) in [6.45, 7) is 8.92. The Morgan fingerprint density at radius 3 is 2.60 bits per heavy atom. The molecule has 0 radical (unpaired) electrons. The van der Waals surface area contributed by atoms with Gasteiger partial charge in [0, 0.05) is 12.6 Å². The van der Waals surface area contributed by atoms with E-state index in [9.17, 15) is 5.11 Å². The van der Waals surface area contributed by atoms with Gasteiger partial charge in [-0.2, -0.15) is 0 Å². The Kier molecular flexibility index (Phi) is 3.72. The van der Waals surface area contributed by atoms with Crippen molar-refractivity contribution in [2.45, 2.75) is 34.2 Å². The van der Waals surface area contributed by atoms with E-state index in [1.165, 1.54) is 0 Å². The van der Waals surface area contributed by atoms with E-state index >= 15 is 0 Å². The average Bonchev–Trinajstić information content (AvgIpc) is 2.56. The first-order chi connectivity index (χ1) is 7.22. The van der Waals surface area contributed by atoms with Gasteiger partial charge in [0.2, 0.25) is 0 Å². The quantitative estimate of drug-likeness (QED) is 0.778. The topological polar surface area (TPSA) is 38.0 Å². The minimum absolute atomic E-state index is 0.294. The molecule has 0 fully saturated rings. The summed E-state index contributed by atoms with van der Waals surface area (Å²) in [6, 6.07) is 5.25. The molecule has 1 heterocycles. The first-order valence-corrected chi connectivity index (χ1v) is 5.38. The molecule has 15 heavy (non-hydrogen) atoms. The molecular formula is C12H18N2O. The number of nitrogens with zero attached hydrogens (tertiary/aromatic N) is 2. The van der Waals surface area contributed by atoms with Crippen LogP contribution in [0.3, 0.4) is 0 Å². The van der Waals surface area contributed by atoms with Crippen LogP contribution in [0.15, 0.2) is 18.2 Å². The van der Waals surface area contributed by atoms with Gasteiger partial charge in [0.15, 0.2) is 0 Å². The summed E-state index contributed by atoms with van der Waals surface area (Å²) in [7, 11) is 0. The highest BCUT2D eigenvalue weighted by Crippen LogP contribution is 2.20.